The van der Waals surface area contributed by atoms with Gasteiger partial charge in [0, 0.05) is 5.41 Å². The van der Waals surface area contributed by atoms with Gasteiger partial charge in [-0.15, -0.1) is 0 Å². The van der Waals surface area contributed by atoms with E-state index in [0.717, 1.165) is 28.7 Å². The lowest BCUT2D eigenvalue weighted by atomic mass is 9.66. The fourth-order valence-corrected chi connectivity index (χ4v) is 3.26. The molecule has 2 N–H and O–H groups in total. The van der Waals surface area contributed by atoms with Gasteiger partial charge in [0.05, 0.1) is 13.2 Å². The normalized spacial score (nSPS) is 17.0. The van der Waals surface area contributed by atoms with Gasteiger partial charge in [0.15, 0.2) is 0 Å². The molecule has 0 amide bonds. The van der Waals surface area contributed by atoms with Crippen molar-refractivity contribution in [1.29, 1.82) is 0 Å². The zero-order chi connectivity index (χ0) is 15.0. The molecule has 110 valence electrons. The van der Waals surface area contributed by atoms with Crippen molar-refractivity contribution in [2.45, 2.75) is 25.7 Å². The third kappa shape index (κ3) is 2.09. The van der Waals surface area contributed by atoms with Gasteiger partial charge in [-0.05, 0) is 52.9 Å². The van der Waals surface area contributed by atoms with Gasteiger partial charge in [-0.1, -0.05) is 26.0 Å². The minimum atomic E-state index is -0.0329. The Morgan fingerprint density at radius 1 is 0.905 bits per heavy atom. The summed E-state index contributed by atoms with van der Waals surface area (Å²) in [4.78, 5) is 0. The Hall–Kier alpha value is -2.00. The molecule has 0 atom stereocenters. The average Bonchev–Trinajstić information content (AvgIpc) is 2.46. The highest BCUT2D eigenvalue weighted by Crippen LogP contribution is 2.48. The van der Waals surface area contributed by atoms with Crippen LogP contribution >= 0.6 is 0 Å². The maximum atomic E-state index is 9.75. The van der Waals surface area contributed by atoms with Gasteiger partial charge in [0.1, 0.15) is 11.5 Å². The molecule has 21 heavy (non-hydrogen) atoms. The number of benzene rings is 2. The van der Waals surface area contributed by atoms with Crippen LogP contribution in [-0.4, -0.2) is 23.4 Å². The highest BCUT2D eigenvalue weighted by Gasteiger charge is 2.45. The molecule has 1 aliphatic carbocycles. The van der Waals surface area contributed by atoms with Crippen molar-refractivity contribution in [1.82, 2.24) is 0 Å². The molecule has 1 aliphatic heterocycles. The molecule has 0 saturated carbocycles. The minimum Gasteiger partial charge on any atom is -0.508 e. The van der Waals surface area contributed by atoms with E-state index in [9.17, 15) is 10.2 Å². The van der Waals surface area contributed by atoms with Crippen LogP contribution in [0.1, 0.15) is 25.0 Å². The number of ether oxygens (including phenoxy) is 1. The van der Waals surface area contributed by atoms with Crippen molar-refractivity contribution < 1.29 is 14.9 Å². The Balaban J connectivity index is 0.000000636. The van der Waals surface area contributed by atoms with E-state index in [1.807, 2.05) is 38.1 Å². The monoisotopic (exact) mass is 284 g/mol. The molecule has 2 aromatic rings. The molecular formula is C18H20O3. The topological polar surface area (TPSA) is 49.7 Å². The van der Waals surface area contributed by atoms with Gasteiger partial charge in [-0.3, -0.25) is 0 Å². The van der Waals surface area contributed by atoms with Gasteiger partial charge in [-0.25, -0.2) is 0 Å². The van der Waals surface area contributed by atoms with E-state index >= 15 is 0 Å². The molecule has 0 bridgehead atoms. The van der Waals surface area contributed by atoms with Crippen LogP contribution < -0.4 is 0 Å². The lowest BCUT2D eigenvalue weighted by Crippen LogP contribution is -2.50. The molecular weight excluding hydrogens is 264 g/mol. The summed E-state index contributed by atoms with van der Waals surface area (Å²) in [6.07, 6.45) is 0.854. The van der Waals surface area contributed by atoms with E-state index in [-0.39, 0.29) is 5.41 Å². The maximum absolute atomic E-state index is 9.75. The Kier molecular flexibility index (Phi) is 3.38. The second-order valence-corrected chi connectivity index (χ2v) is 5.52. The smallest absolute Gasteiger partial charge is 0.115 e. The summed E-state index contributed by atoms with van der Waals surface area (Å²) < 4.78 is 5.41. The molecule has 4 rings (SSSR count). The van der Waals surface area contributed by atoms with Crippen molar-refractivity contribution in [3.8, 4) is 22.6 Å². The Morgan fingerprint density at radius 2 is 1.52 bits per heavy atom. The molecule has 2 aromatic carbocycles. The molecule has 1 heterocycles. The van der Waals surface area contributed by atoms with Crippen molar-refractivity contribution in [2.75, 3.05) is 13.2 Å². The number of rotatable bonds is 0. The number of hydrogen-bond acceptors (Lipinski definition) is 3. The highest BCUT2D eigenvalue weighted by molar-refractivity contribution is 5.77. The second kappa shape index (κ2) is 5.08. The first-order chi connectivity index (χ1) is 10.2. The lowest BCUT2D eigenvalue weighted by molar-refractivity contribution is -0.0604. The second-order valence-electron chi connectivity index (χ2n) is 5.52. The van der Waals surface area contributed by atoms with Crippen LogP contribution in [0.2, 0.25) is 0 Å². The summed E-state index contributed by atoms with van der Waals surface area (Å²) in [5.41, 5.74) is 4.57. The first-order valence-electron chi connectivity index (χ1n) is 7.41. The Labute approximate surface area is 124 Å². The zero-order valence-corrected chi connectivity index (χ0v) is 12.4. The largest absolute Gasteiger partial charge is 0.508 e. The molecule has 0 unspecified atom stereocenters. The van der Waals surface area contributed by atoms with E-state index in [1.165, 1.54) is 0 Å². The van der Waals surface area contributed by atoms with E-state index in [0.29, 0.717) is 24.7 Å². The van der Waals surface area contributed by atoms with E-state index in [2.05, 4.69) is 0 Å². The van der Waals surface area contributed by atoms with Crippen LogP contribution in [0.5, 0.6) is 11.5 Å². The average molecular weight is 284 g/mol. The van der Waals surface area contributed by atoms with Crippen LogP contribution in [-0.2, 0) is 16.6 Å². The quantitative estimate of drug-likeness (QED) is 0.777. The zero-order valence-electron chi connectivity index (χ0n) is 12.4. The number of phenols is 2. The van der Waals surface area contributed by atoms with Crippen molar-refractivity contribution in [3.05, 3.63) is 47.5 Å². The Bertz CT molecular complexity index is 672. The summed E-state index contributed by atoms with van der Waals surface area (Å²) in [6, 6.07) is 11.0. The first kappa shape index (κ1) is 14.0. The summed E-state index contributed by atoms with van der Waals surface area (Å²) in [5.74, 6) is 0.601. The SMILES string of the molecule is CC.Oc1ccc2c(c1)CC1(COC1)c1cc(O)ccc1-2. The number of phenolic OH excluding ortho intramolecular Hbond substituents is 2. The van der Waals surface area contributed by atoms with Gasteiger partial charge in [0.25, 0.3) is 0 Å². The fraction of sp³-hybridized carbons (Fsp3) is 0.333. The summed E-state index contributed by atoms with van der Waals surface area (Å²) in [5, 5.41) is 19.4. The molecule has 1 spiro atoms. The number of aromatic hydroxyl groups is 2. The molecule has 3 nitrogen and oxygen atoms in total. The van der Waals surface area contributed by atoms with Gasteiger partial charge >= 0.3 is 0 Å². The third-order valence-electron chi connectivity index (χ3n) is 4.24. The van der Waals surface area contributed by atoms with Gasteiger partial charge in [-0.2, -0.15) is 0 Å². The maximum Gasteiger partial charge on any atom is 0.115 e. The van der Waals surface area contributed by atoms with Crippen LogP contribution in [0.4, 0.5) is 0 Å². The molecule has 0 radical (unpaired) electrons. The summed E-state index contributed by atoms with van der Waals surface area (Å²) in [6.45, 7) is 5.36. The Morgan fingerprint density at radius 3 is 2.14 bits per heavy atom. The molecule has 0 aromatic heterocycles. The molecule has 3 heteroatoms. The van der Waals surface area contributed by atoms with Gasteiger partial charge in [0.2, 0.25) is 0 Å². The first-order valence-corrected chi connectivity index (χ1v) is 7.41. The number of hydrogen-bond donors (Lipinski definition) is 2. The third-order valence-corrected chi connectivity index (χ3v) is 4.24. The van der Waals surface area contributed by atoms with Gasteiger partial charge < -0.3 is 14.9 Å². The van der Waals surface area contributed by atoms with E-state index in [1.54, 1.807) is 12.1 Å². The lowest BCUT2D eigenvalue weighted by Gasteiger charge is -2.46. The highest BCUT2D eigenvalue weighted by atomic mass is 16.5. The predicted molar refractivity (Wildman–Crippen MR) is 82.8 cm³/mol. The minimum absolute atomic E-state index is 0.0329. The summed E-state index contributed by atoms with van der Waals surface area (Å²) in [7, 11) is 0. The van der Waals surface area contributed by atoms with Crippen LogP contribution in [0, 0.1) is 0 Å². The summed E-state index contributed by atoms with van der Waals surface area (Å²) >= 11 is 0. The van der Waals surface area contributed by atoms with Crippen molar-refractivity contribution in [3.63, 3.8) is 0 Å². The van der Waals surface area contributed by atoms with Crippen LogP contribution in [0.3, 0.4) is 0 Å². The standard InChI is InChI=1S/C16H14O3.C2H6/c17-11-1-3-13-10(5-11)7-16(8-19-9-16)15-6-12(18)2-4-14(13)15;1-2/h1-6,17-18H,7-9H2;1-2H3. The van der Waals surface area contributed by atoms with E-state index < -0.39 is 0 Å². The molecule has 1 fully saturated rings. The van der Waals surface area contributed by atoms with E-state index in [4.69, 9.17) is 4.74 Å². The molecule has 1 saturated heterocycles. The number of fused-ring (bicyclic) bond motifs is 4. The fourth-order valence-electron chi connectivity index (χ4n) is 3.26. The van der Waals surface area contributed by atoms with Crippen molar-refractivity contribution in [2.24, 2.45) is 0 Å². The van der Waals surface area contributed by atoms with Crippen molar-refractivity contribution >= 4 is 0 Å². The molecule has 2 aliphatic rings. The van der Waals surface area contributed by atoms with Crippen LogP contribution in [0.15, 0.2) is 36.4 Å². The van der Waals surface area contributed by atoms with Crippen LogP contribution in [0.25, 0.3) is 11.1 Å². The predicted octanol–water partition coefficient (Wildman–Crippen LogP) is 3.62.